The van der Waals surface area contributed by atoms with Gasteiger partial charge in [0.1, 0.15) is 5.82 Å². The lowest BCUT2D eigenvalue weighted by Gasteiger charge is -2.05. The number of halogens is 1. The van der Waals surface area contributed by atoms with E-state index in [9.17, 15) is 9.50 Å². The number of thiazole rings is 1. The summed E-state index contributed by atoms with van der Waals surface area (Å²) in [5.74, 6) is 0.402. The Balaban J connectivity index is 1.75. The average Bonchev–Trinajstić information content (AvgIpc) is 2.99. The van der Waals surface area contributed by atoms with E-state index in [1.807, 2.05) is 18.2 Å². The number of benzene rings is 2. The van der Waals surface area contributed by atoms with Gasteiger partial charge >= 0.3 is 0 Å². The topological polar surface area (TPSA) is 33.3 Å². The van der Waals surface area contributed by atoms with Gasteiger partial charge in [-0.25, -0.2) is 4.39 Å². The summed E-state index contributed by atoms with van der Waals surface area (Å²) < 4.78 is 20.7. The molecule has 0 amide bonds. The summed E-state index contributed by atoms with van der Waals surface area (Å²) in [5, 5.41) is 13.4. The van der Waals surface area contributed by atoms with Crippen molar-refractivity contribution in [3.8, 4) is 22.8 Å². The molecule has 138 valence electrons. The standard InChI is InChI=1S/C22H20FNO2S/c1-26-21-10-5-15(13-20(21)25)12-17-4-2-3-11-24-19(14-27-22(17)24)16-6-8-18(23)9-7-16/h5-10,12-14H,2-4,11H2,1H3/p+1. The highest BCUT2D eigenvalue weighted by Gasteiger charge is 2.26. The molecule has 3 aromatic rings. The molecular formula is C22H21FNO2S+. The van der Waals surface area contributed by atoms with Crippen LogP contribution in [0.1, 0.15) is 29.8 Å². The summed E-state index contributed by atoms with van der Waals surface area (Å²) in [6, 6.07) is 12.2. The molecule has 0 saturated carbocycles. The van der Waals surface area contributed by atoms with Crippen LogP contribution in [0.4, 0.5) is 4.39 Å². The second-order valence-electron chi connectivity index (χ2n) is 6.64. The Morgan fingerprint density at radius 1 is 1.15 bits per heavy atom. The number of phenolic OH excluding ortho intramolecular Hbond substituents is 1. The predicted molar refractivity (Wildman–Crippen MR) is 106 cm³/mol. The molecule has 1 aliphatic rings. The van der Waals surface area contributed by atoms with Crippen LogP contribution in [-0.2, 0) is 6.54 Å². The van der Waals surface area contributed by atoms with Gasteiger partial charge in [0, 0.05) is 17.6 Å². The van der Waals surface area contributed by atoms with Crippen molar-refractivity contribution in [2.75, 3.05) is 7.11 Å². The summed E-state index contributed by atoms with van der Waals surface area (Å²) in [7, 11) is 1.55. The zero-order chi connectivity index (χ0) is 18.8. The Labute approximate surface area is 162 Å². The number of phenols is 1. The third-order valence-electron chi connectivity index (χ3n) is 4.85. The molecule has 0 unspecified atom stereocenters. The van der Waals surface area contributed by atoms with E-state index in [4.69, 9.17) is 4.74 Å². The maximum absolute atomic E-state index is 13.3. The molecule has 0 radical (unpaired) electrons. The van der Waals surface area contributed by atoms with Crippen LogP contribution in [0.3, 0.4) is 0 Å². The Morgan fingerprint density at radius 3 is 2.70 bits per heavy atom. The lowest BCUT2D eigenvalue weighted by molar-refractivity contribution is -0.683. The highest BCUT2D eigenvalue weighted by molar-refractivity contribution is 7.10. The quantitative estimate of drug-likeness (QED) is 0.625. The fraction of sp³-hybridized carbons (Fsp3) is 0.227. The average molecular weight is 382 g/mol. The minimum Gasteiger partial charge on any atom is -0.504 e. The smallest absolute Gasteiger partial charge is 0.265 e. The number of aromatic nitrogens is 1. The molecular weight excluding hydrogens is 361 g/mol. The molecule has 1 aromatic heterocycles. The van der Waals surface area contributed by atoms with E-state index in [-0.39, 0.29) is 11.6 Å². The number of aromatic hydroxyl groups is 1. The van der Waals surface area contributed by atoms with Gasteiger partial charge in [-0.15, -0.1) is 0 Å². The van der Waals surface area contributed by atoms with Gasteiger partial charge in [-0.3, -0.25) is 0 Å². The van der Waals surface area contributed by atoms with E-state index in [0.717, 1.165) is 42.6 Å². The van der Waals surface area contributed by atoms with E-state index in [2.05, 4.69) is 16.0 Å². The molecule has 0 bridgehead atoms. The Kier molecular flexibility index (Phi) is 4.94. The second kappa shape index (κ2) is 7.53. The van der Waals surface area contributed by atoms with Crippen LogP contribution in [0.25, 0.3) is 22.9 Å². The predicted octanol–water partition coefficient (Wildman–Crippen LogP) is 5.28. The highest BCUT2D eigenvalue weighted by atomic mass is 32.1. The molecule has 0 fully saturated rings. The Morgan fingerprint density at radius 2 is 1.96 bits per heavy atom. The van der Waals surface area contributed by atoms with Gasteiger partial charge in [0.05, 0.1) is 12.5 Å². The number of fused-ring (bicyclic) bond motifs is 1. The first-order valence-electron chi connectivity index (χ1n) is 9.01. The third-order valence-corrected chi connectivity index (χ3v) is 5.90. The first-order chi connectivity index (χ1) is 13.2. The Bertz CT molecular complexity index is 992. The van der Waals surface area contributed by atoms with Crippen LogP contribution >= 0.6 is 11.3 Å². The number of nitrogens with zero attached hydrogens (tertiary/aromatic N) is 1. The number of ether oxygens (including phenoxy) is 1. The first-order valence-corrected chi connectivity index (χ1v) is 9.89. The second-order valence-corrected chi connectivity index (χ2v) is 7.50. The number of hydrogen-bond acceptors (Lipinski definition) is 3. The van der Waals surface area contributed by atoms with Crippen LogP contribution in [-0.4, -0.2) is 12.2 Å². The largest absolute Gasteiger partial charge is 0.504 e. The molecule has 3 nitrogen and oxygen atoms in total. The molecule has 1 aliphatic heterocycles. The van der Waals surface area contributed by atoms with Crippen LogP contribution in [0.2, 0.25) is 0 Å². The third kappa shape index (κ3) is 3.60. The van der Waals surface area contributed by atoms with Gasteiger partial charge in [-0.05, 0) is 60.9 Å². The van der Waals surface area contributed by atoms with Gasteiger partial charge in [0.25, 0.3) is 5.01 Å². The van der Waals surface area contributed by atoms with Crippen molar-refractivity contribution in [3.63, 3.8) is 0 Å². The minimum absolute atomic E-state index is 0.145. The van der Waals surface area contributed by atoms with E-state index in [1.54, 1.807) is 30.6 Å². The van der Waals surface area contributed by atoms with Gasteiger partial charge in [0.2, 0.25) is 5.69 Å². The Hall–Kier alpha value is -2.66. The van der Waals surface area contributed by atoms with Crippen LogP contribution in [0, 0.1) is 5.82 Å². The van der Waals surface area contributed by atoms with Gasteiger partial charge in [0.15, 0.2) is 18.0 Å². The van der Waals surface area contributed by atoms with Crippen molar-refractivity contribution >= 4 is 23.0 Å². The maximum Gasteiger partial charge on any atom is 0.265 e. The lowest BCUT2D eigenvalue weighted by Crippen LogP contribution is -2.36. The van der Waals surface area contributed by atoms with E-state index in [1.165, 1.54) is 22.7 Å². The molecule has 0 atom stereocenters. The first kappa shape index (κ1) is 17.7. The monoisotopic (exact) mass is 382 g/mol. The molecule has 0 aliphatic carbocycles. The van der Waals surface area contributed by atoms with Crippen molar-refractivity contribution < 1.29 is 18.8 Å². The summed E-state index contributed by atoms with van der Waals surface area (Å²) in [4.78, 5) is 0. The number of allylic oxidation sites excluding steroid dienone is 1. The fourth-order valence-electron chi connectivity index (χ4n) is 3.49. The molecule has 1 N–H and O–H groups in total. The molecule has 0 saturated heterocycles. The molecule has 0 spiro atoms. The zero-order valence-corrected chi connectivity index (χ0v) is 15.9. The van der Waals surface area contributed by atoms with E-state index >= 15 is 0 Å². The molecule has 5 heteroatoms. The summed E-state index contributed by atoms with van der Waals surface area (Å²) in [6.45, 7) is 0.955. The van der Waals surface area contributed by atoms with Gasteiger partial charge in [-0.2, -0.15) is 4.57 Å². The van der Waals surface area contributed by atoms with Crippen molar-refractivity contribution in [1.82, 2.24) is 0 Å². The number of rotatable bonds is 3. The zero-order valence-electron chi connectivity index (χ0n) is 15.1. The van der Waals surface area contributed by atoms with Gasteiger partial charge < -0.3 is 9.84 Å². The van der Waals surface area contributed by atoms with Crippen LogP contribution in [0.15, 0.2) is 47.8 Å². The van der Waals surface area contributed by atoms with E-state index < -0.39 is 0 Å². The summed E-state index contributed by atoms with van der Waals surface area (Å²) in [6.07, 6.45) is 5.36. The van der Waals surface area contributed by atoms with Crippen molar-refractivity contribution in [2.45, 2.75) is 25.8 Å². The van der Waals surface area contributed by atoms with Gasteiger partial charge in [-0.1, -0.05) is 17.4 Å². The molecule has 27 heavy (non-hydrogen) atoms. The molecule has 4 rings (SSSR count). The normalized spacial score (nSPS) is 15.4. The van der Waals surface area contributed by atoms with Crippen LogP contribution in [0.5, 0.6) is 11.5 Å². The lowest BCUT2D eigenvalue weighted by atomic mass is 10.1. The minimum atomic E-state index is -0.218. The van der Waals surface area contributed by atoms with Crippen molar-refractivity contribution in [1.29, 1.82) is 0 Å². The maximum atomic E-state index is 13.3. The van der Waals surface area contributed by atoms with E-state index in [0.29, 0.717) is 5.75 Å². The summed E-state index contributed by atoms with van der Waals surface area (Å²) in [5.41, 5.74) is 4.37. The van der Waals surface area contributed by atoms with Crippen molar-refractivity contribution in [3.05, 3.63) is 64.2 Å². The molecule has 2 heterocycles. The summed E-state index contributed by atoms with van der Waals surface area (Å²) >= 11 is 1.72. The van der Waals surface area contributed by atoms with Crippen LogP contribution < -0.4 is 9.30 Å². The SMILES string of the molecule is COc1ccc(C=C2CCCC[n+]3c(-c4ccc(F)cc4)csc32)cc1O. The number of hydrogen-bond donors (Lipinski definition) is 1. The fourth-order valence-corrected chi connectivity index (χ4v) is 4.60. The molecule has 2 aromatic carbocycles. The van der Waals surface area contributed by atoms with Crippen molar-refractivity contribution in [2.24, 2.45) is 0 Å². The highest BCUT2D eigenvalue weighted by Crippen LogP contribution is 2.33. The number of methoxy groups -OCH3 is 1.